The number of fused-ring (bicyclic) bond motifs is 9. The van der Waals surface area contributed by atoms with E-state index in [9.17, 15) is 29.4 Å². The molecule has 0 aromatic rings. The van der Waals surface area contributed by atoms with Crippen LogP contribution in [0.15, 0.2) is 0 Å². The van der Waals surface area contributed by atoms with Gasteiger partial charge in [-0.1, -0.05) is 132 Å². The van der Waals surface area contributed by atoms with Gasteiger partial charge in [0.15, 0.2) is 0 Å². The van der Waals surface area contributed by atoms with Gasteiger partial charge in [0.05, 0.1) is 11.1 Å². The van der Waals surface area contributed by atoms with Gasteiger partial charge in [-0.3, -0.25) is 19.2 Å². The molecule has 530 valence electrons. The number of nitrogens with one attached hydrogen (secondary N) is 5. The summed E-state index contributed by atoms with van der Waals surface area (Å²) in [6.45, 7) is 57.6. The highest BCUT2D eigenvalue weighted by Gasteiger charge is 3.11. The summed E-state index contributed by atoms with van der Waals surface area (Å²) in [6, 6.07) is 0.934. The molecule has 1 heterocycles. The summed E-state index contributed by atoms with van der Waals surface area (Å²) in [7, 11) is 0. The van der Waals surface area contributed by atoms with Crippen LogP contribution in [0.2, 0.25) is 0 Å². The molecule has 18 fully saturated rings. The zero-order valence-corrected chi connectivity index (χ0v) is 63.8. The predicted molar refractivity (Wildman–Crippen MR) is 378 cm³/mol. The number of hydrogen-bond acceptors (Lipinski definition) is 8. The van der Waals surface area contributed by atoms with Crippen LogP contribution in [0.1, 0.15) is 307 Å². The number of aliphatic hydroxyl groups is 2. The zero-order chi connectivity index (χ0) is 68.7. The number of nitrogens with zero attached hydrogens (tertiary/aromatic N) is 1. The van der Waals surface area contributed by atoms with Crippen LogP contribution >= 0.6 is 0 Å². The SMILES string of the molecule is CC(=O)NC12C3C4C1C1C2C3C41C(C)(C)C.CC(=O)NC12CCC(C(C)(C)C)(CC1)CC2.CC(=O)NC1CC(C(C)(C)C)C1.CC(=O)NC1CC(C)C1.CC(C)(C)C12CCC(CO)(CC1)CC2.CC(C)(C)C12CCC(O)(CC1)CC2.CC(C)(C)CCN1CCNCC1. The van der Waals surface area contributed by atoms with Crippen molar-refractivity contribution in [1.82, 2.24) is 31.5 Å². The molecule has 0 radical (unpaired) electrons. The highest BCUT2D eigenvalue weighted by Crippen LogP contribution is 3.09. The van der Waals surface area contributed by atoms with Gasteiger partial charge in [0, 0.05) is 78.1 Å². The Labute approximate surface area is 563 Å². The molecule has 0 aromatic heterocycles. The monoisotopic (exact) mass is 1290 g/mol. The van der Waals surface area contributed by atoms with E-state index in [1.807, 2.05) is 0 Å². The van der Waals surface area contributed by atoms with Crippen LogP contribution in [0.25, 0.3) is 0 Å². The first-order valence-electron chi connectivity index (χ1n) is 38.0. The van der Waals surface area contributed by atoms with Crippen LogP contribution in [-0.4, -0.2) is 107 Å². The molecule has 0 atom stereocenters. The van der Waals surface area contributed by atoms with Crippen LogP contribution < -0.4 is 26.6 Å². The molecule has 1 saturated heterocycles. The lowest BCUT2D eigenvalue weighted by Gasteiger charge is -3.13. The number of rotatable bonds is 7. The van der Waals surface area contributed by atoms with Crippen molar-refractivity contribution in [2.24, 2.45) is 107 Å². The van der Waals surface area contributed by atoms with Gasteiger partial charge in [-0.05, 0) is 261 Å². The van der Waals surface area contributed by atoms with Crippen molar-refractivity contribution in [1.29, 1.82) is 0 Å². The zero-order valence-electron chi connectivity index (χ0n) is 63.8. The molecule has 7 N–H and O–H groups in total. The minimum atomic E-state index is -0.271. The second-order valence-electron chi connectivity index (χ2n) is 40.7. The van der Waals surface area contributed by atoms with E-state index in [0.29, 0.717) is 83.8 Å². The third kappa shape index (κ3) is 14.4. The molecular weight excluding hydrogens is 1140 g/mol. The van der Waals surface area contributed by atoms with Crippen molar-refractivity contribution in [2.75, 3.05) is 39.3 Å². The largest absolute Gasteiger partial charge is 0.396 e. The smallest absolute Gasteiger partial charge is 0.217 e. The second-order valence-corrected chi connectivity index (χ2v) is 40.7. The number of carbonyl (C=O) groups excluding carboxylic acids is 4. The first kappa shape index (κ1) is 75.5. The summed E-state index contributed by atoms with van der Waals surface area (Å²) in [6.07, 6.45) is 28.1. The molecule has 12 nitrogen and oxygen atoms in total. The average Bonchev–Trinajstić information content (AvgIpc) is 0.547. The summed E-state index contributed by atoms with van der Waals surface area (Å²) in [5.74, 6) is 7.76. The summed E-state index contributed by atoms with van der Waals surface area (Å²) < 4.78 is 0. The standard InChI is InChI=1S/C14H19NO.C14H25NO.C13H24O.C12H22O.C10H22N2.C10H19NO.C7H13NO/c1-5(16)15-14-9-6-10(14)8-11(14)7(9)13(6,8)12(2,3)4;1-11(16)15-14-8-5-13(6-9-14,7-10-14)12(2,3)4;1-11(2,3)13-7-4-12(10-14,5-8-13)6-9-13;1-10(2,3)11-4-7-12(13,8-5-11)9-6-11;1-10(2,3)4-7-12-8-5-11-6-9-12;1-7(12)11-9-5-8(6-9)10(2,3)4;1-5-3-7(4-5)8-6(2)9/h6-11H,1-4H3,(H,15,16);5-10H2,1-4H3,(H,15,16);14H,4-10H2,1-3H3;13H,4-9H2,1-3H3;11H,4-9H2,1-3H3;8-9H,5-6H2,1-4H3,(H,11,12);5,7H,3-4H2,1-2H3,(H,8,9). The lowest BCUT2D eigenvalue weighted by molar-refractivity contribution is -0.643. The van der Waals surface area contributed by atoms with Gasteiger partial charge in [-0.2, -0.15) is 0 Å². The van der Waals surface area contributed by atoms with Crippen molar-refractivity contribution in [3.63, 3.8) is 0 Å². The fraction of sp³-hybridized carbons (Fsp3) is 0.950. The average molecular weight is 1290 g/mol. The third-order valence-electron chi connectivity index (χ3n) is 29.7. The highest BCUT2D eigenvalue weighted by molar-refractivity contribution is 5.78. The van der Waals surface area contributed by atoms with E-state index in [4.69, 9.17) is 0 Å². The molecule has 17 saturated carbocycles. The molecule has 1 aliphatic heterocycles. The van der Waals surface area contributed by atoms with Crippen LogP contribution in [0.5, 0.6) is 0 Å². The molecule has 92 heavy (non-hydrogen) atoms. The molecule has 12 heteroatoms. The first-order valence-corrected chi connectivity index (χ1v) is 38.0. The fourth-order valence-corrected chi connectivity index (χ4v) is 22.8. The minimum Gasteiger partial charge on any atom is -0.396 e. The fourth-order valence-electron chi connectivity index (χ4n) is 22.8. The maximum atomic E-state index is 11.3. The number of amides is 4. The maximum Gasteiger partial charge on any atom is 0.217 e. The Morgan fingerprint density at radius 2 is 0.826 bits per heavy atom. The molecule has 17 aliphatic carbocycles. The van der Waals surface area contributed by atoms with Crippen LogP contribution in [0.3, 0.4) is 0 Å². The lowest BCUT2D eigenvalue weighted by atomic mass is 8.92. The molecule has 18 aliphatic rings. The van der Waals surface area contributed by atoms with Crippen LogP contribution in [0, 0.1) is 107 Å². The van der Waals surface area contributed by atoms with E-state index >= 15 is 0 Å². The van der Waals surface area contributed by atoms with Gasteiger partial charge in [0.2, 0.25) is 23.6 Å². The summed E-state index contributed by atoms with van der Waals surface area (Å²) >= 11 is 0. The van der Waals surface area contributed by atoms with Gasteiger partial charge in [-0.15, -0.1) is 0 Å². The Kier molecular flexibility index (Phi) is 21.7. The molecule has 18 rings (SSSR count). The van der Waals surface area contributed by atoms with Crippen LogP contribution in [-0.2, 0) is 19.2 Å². The molecule has 6 bridgehead atoms. The third-order valence-corrected chi connectivity index (χ3v) is 29.7. The van der Waals surface area contributed by atoms with E-state index in [1.54, 1.807) is 27.7 Å². The van der Waals surface area contributed by atoms with Gasteiger partial charge < -0.3 is 41.7 Å². The Hall–Kier alpha value is -2.28. The predicted octanol–water partition coefficient (Wildman–Crippen LogP) is 15.6. The number of hydrogen-bond donors (Lipinski definition) is 7. The van der Waals surface area contributed by atoms with Gasteiger partial charge in [-0.25, -0.2) is 0 Å². The molecule has 0 unspecified atom stereocenters. The van der Waals surface area contributed by atoms with E-state index in [0.717, 1.165) is 79.4 Å². The van der Waals surface area contributed by atoms with E-state index in [2.05, 4.69) is 163 Å². The number of piperazine rings is 1. The lowest BCUT2D eigenvalue weighted by Crippen LogP contribution is -3.16. The molecular formula is C80H144N6O6. The molecule has 4 amide bonds. The Morgan fingerprint density at radius 3 is 1.13 bits per heavy atom. The van der Waals surface area contributed by atoms with Crippen molar-refractivity contribution < 1.29 is 29.4 Å². The van der Waals surface area contributed by atoms with Crippen molar-refractivity contribution in [3.05, 3.63) is 0 Å². The van der Waals surface area contributed by atoms with Gasteiger partial charge in [0.25, 0.3) is 0 Å². The van der Waals surface area contributed by atoms with Crippen molar-refractivity contribution >= 4 is 23.6 Å². The van der Waals surface area contributed by atoms with E-state index in [1.165, 1.54) is 148 Å². The Bertz CT molecular complexity index is 2410. The van der Waals surface area contributed by atoms with E-state index < -0.39 is 0 Å². The van der Waals surface area contributed by atoms with Crippen molar-refractivity contribution in [3.8, 4) is 0 Å². The van der Waals surface area contributed by atoms with Gasteiger partial charge >= 0.3 is 0 Å². The quantitative estimate of drug-likeness (QED) is 0.132. The first-order chi connectivity index (χ1) is 42.1. The van der Waals surface area contributed by atoms with Gasteiger partial charge in [0.1, 0.15) is 0 Å². The topological polar surface area (TPSA) is 172 Å². The molecule has 0 aromatic carbocycles. The summed E-state index contributed by atoms with van der Waals surface area (Å²) in [5, 5.41) is 35.2. The summed E-state index contributed by atoms with van der Waals surface area (Å²) in [4.78, 5) is 46.2. The Balaban J connectivity index is 0.000000139. The number of carbonyl (C=O) groups is 4. The number of aliphatic hydroxyl groups excluding tert-OH is 1. The van der Waals surface area contributed by atoms with E-state index in [-0.39, 0.29) is 34.8 Å². The minimum absolute atomic E-state index is 0.104. The highest BCUT2D eigenvalue weighted by atomic mass is 16.3. The van der Waals surface area contributed by atoms with Crippen LogP contribution in [0.4, 0.5) is 0 Å². The normalized spacial score (nSPS) is 41.6. The molecule has 0 spiro atoms. The Morgan fingerprint density at radius 1 is 0.467 bits per heavy atom. The summed E-state index contributed by atoms with van der Waals surface area (Å²) in [5.41, 5.74) is 5.61. The second kappa shape index (κ2) is 26.4. The maximum absolute atomic E-state index is 11.3. The van der Waals surface area contributed by atoms with Crippen molar-refractivity contribution in [2.45, 2.75) is 336 Å².